The lowest BCUT2D eigenvalue weighted by atomic mass is 9.51. The molecule has 0 aliphatic heterocycles. The van der Waals surface area contributed by atoms with Crippen LogP contribution in [0, 0.1) is 28.6 Å². The molecular formula is C25H32O4. The highest BCUT2D eigenvalue weighted by atomic mass is 16.5. The van der Waals surface area contributed by atoms with Crippen molar-refractivity contribution in [1.29, 1.82) is 0 Å². The van der Waals surface area contributed by atoms with Crippen molar-refractivity contribution in [2.75, 3.05) is 0 Å². The van der Waals surface area contributed by atoms with Gasteiger partial charge in [0.15, 0.2) is 17.8 Å². The van der Waals surface area contributed by atoms with Gasteiger partial charge in [0.05, 0.1) is 5.92 Å². The van der Waals surface area contributed by atoms with Gasteiger partial charge in [0, 0.05) is 11.8 Å². The fourth-order valence-electron chi connectivity index (χ4n) is 6.46. The van der Waals surface area contributed by atoms with Gasteiger partial charge in [0.1, 0.15) is 0 Å². The van der Waals surface area contributed by atoms with Crippen LogP contribution in [0.15, 0.2) is 34.6 Å². The number of rotatable bonds is 3. The van der Waals surface area contributed by atoms with Gasteiger partial charge in [-0.05, 0) is 67.4 Å². The van der Waals surface area contributed by atoms with Crippen LogP contribution in [0.4, 0.5) is 0 Å². The van der Waals surface area contributed by atoms with E-state index >= 15 is 0 Å². The van der Waals surface area contributed by atoms with Crippen LogP contribution in [0.3, 0.4) is 0 Å². The molecule has 0 aromatic heterocycles. The second-order valence-corrected chi connectivity index (χ2v) is 10.1. The van der Waals surface area contributed by atoms with Gasteiger partial charge in [0.2, 0.25) is 0 Å². The summed E-state index contributed by atoms with van der Waals surface area (Å²) in [6.07, 6.45) is 11.3. The summed E-state index contributed by atoms with van der Waals surface area (Å²) >= 11 is 0. The number of carbonyl (C=O) groups excluding carboxylic acids is 3. The summed E-state index contributed by atoms with van der Waals surface area (Å²) in [4.78, 5) is 35.9. The van der Waals surface area contributed by atoms with Crippen molar-refractivity contribution in [3.8, 4) is 0 Å². The maximum atomic E-state index is 12.1. The fourth-order valence-corrected chi connectivity index (χ4v) is 6.46. The zero-order chi connectivity index (χ0) is 21.0. The SMILES string of the molecule is CC(C)C(=O)OC(C=O)=C1CC[C@H]2[C@@H]3CCC4=CC(=O)CC[C@]4(C)C3=CC[C@]12C. The summed E-state index contributed by atoms with van der Waals surface area (Å²) < 4.78 is 5.52. The normalized spacial score (nSPS) is 37.8. The van der Waals surface area contributed by atoms with Crippen molar-refractivity contribution in [3.05, 3.63) is 34.6 Å². The summed E-state index contributed by atoms with van der Waals surface area (Å²) in [6, 6.07) is 0. The monoisotopic (exact) mass is 396 g/mol. The lowest BCUT2D eigenvalue weighted by Gasteiger charge is -2.52. The van der Waals surface area contributed by atoms with E-state index < -0.39 is 0 Å². The number of fused-ring (bicyclic) bond motifs is 5. The van der Waals surface area contributed by atoms with Gasteiger partial charge in [-0.1, -0.05) is 44.9 Å². The van der Waals surface area contributed by atoms with Gasteiger partial charge >= 0.3 is 5.97 Å². The van der Waals surface area contributed by atoms with Crippen LogP contribution in [-0.2, 0) is 19.1 Å². The number of allylic oxidation sites excluding steroid dienone is 6. The second kappa shape index (κ2) is 7.07. The molecule has 4 rings (SSSR count). The number of aldehydes is 1. The smallest absolute Gasteiger partial charge is 0.313 e. The van der Waals surface area contributed by atoms with Crippen molar-refractivity contribution >= 4 is 18.0 Å². The van der Waals surface area contributed by atoms with Crippen molar-refractivity contribution in [1.82, 2.24) is 0 Å². The Morgan fingerprint density at radius 1 is 1.21 bits per heavy atom. The first-order valence-electron chi connectivity index (χ1n) is 11.1. The van der Waals surface area contributed by atoms with Gasteiger partial charge in [-0.15, -0.1) is 0 Å². The van der Waals surface area contributed by atoms with Crippen molar-refractivity contribution in [3.63, 3.8) is 0 Å². The predicted molar refractivity (Wildman–Crippen MR) is 111 cm³/mol. The van der Waals surface area contributed by atoms with Crippen LogP contribution >= 0.6 is 0 Å². The van der Waals surface area contributed by atoms with Crippen molar-refractivity contribution in [2.24, 2.45) is 28.6 Å². The average Bonchev–Trinajstić information content (AvgIpc) is 3.03. The first-order valence-corrected chi connectivity index (χ1v) is 11.1. The molecule has 0 bridgehead atoms. The Kier molecular flexibility index (Phi) is 4.95. The summed E-state index contributed by atoms with van der Waals surface area (Å²) in [5.74, 6) is 0.857. The van der Waals surface area contributed by atoms with Crippen LogP contribution in [-0.4, -0.2) is 18.0 Å². The molecule has 0 saturated heterocycles. The van der Waals surface area contributed by atoms with E-state index in [4.69, 9.17) is 4.74 Å². The van der Waals surface area contributed by atoms with Crippen LogP contribution in [0.5, 0.6) is 0 Å². The molecule has 0 heterocycles. The molecule has 0 N–H and O–H groups in total. The molecule has 4 heteroatoms. The number of ketones is 1. The van der Waals surface area contributed by atoms with Crippen LogP contribution in [0.2, 0.25) is 0 Å². The van der Waals surface area contributed by atoms with E-state index in [-0.39, 0.29) is 34.3 Å². The Balaban J connectivity index is 1.71. The summed E-state index contributed by atoms with van der Waals surface area (Å²) in [7, 11) is 0. The molecule has 0 unspecified atom stereocenters. The molecule has 4 nitrogen and oxygen atoms in total. The van der Waals surface area contributed by atoms with E-state index in [0.717, 1.165) is 50.4 Å². The van der Waals surface area contributed by atoms with Gasteiger partial charge in [-0.3, -0.25) is 14.4 Å². The average molecular weight is 397 g/mol. The minimum Gasteiger partial charge on any atom is -0.423 e. The van der Waals surface area contributed by atoms with E-state index in [2.05, 4.69) is 19.9 Å². The lowest BCUT2D eigenvalue weighted by molar-refractivity contribution is -0.144. The zero-order valence-corrected chi connectivity index (χ0v) is 18.0. The van der Waals surface area contributed by atoms with Crippen LogP contribution < -0.4 is 0 Å². The molecule has 0 radical (unpaired) electrons. The van der Waals surface area contributed by atoms with E-state index in [1.165, 1.54) is 11.1 Å². The van der Waals surface area contributed by atoms with E-state index in [0.29, 0.717) is 18.3 Å². The molecule has 0 aromatic rings. The van der Waals surface area contributed by atoms with Crippen LogP contribution in [0.25, 0.3) is 0 Å². The van der Waals surface area contributed by atoms with E-state index in [1.807, 2.05) is 6.08 Å². The van der Waals surface area contributed by atoms with E-state index in [1.54, 1.807) is 13.8 Å². The summed E-state index contributed by atoms with van der Waals surface area (Å²) in [5, 5.41) is 0. The van der Waals surface area contributed by atoms with Crippen molar-refractivity contribution in [2.45, 2.75) is 72.6 Å². The molecule has 2 saturated carbocycles. The third-order valence-corrected chi connectivity index (χ3v) is 8.21. The lowest BCUT2D eigenvalue weighted by Crippen LogP contribution is -2.43. The van der Waals surface area contributed by atoms with Gasteiger partial charge < -0.3 is 4.74 Å². The number of hydrogen-bond acceptors (Lipinski definition) is 4. The van der Waals surface area contributed by atoms with Gasteiger partial charge in [-0.25, -0.2) is 0 Å². The molecule has 4 aliphatic rings. The van der Waals surface area contributed by atoms with Gasteiger partial charge in [0.25, 0.3) is 0 Å². The van der Waals surface area contributed by atoms with Crippen molar-refractivity contribution < 1.29 is 19.1 Å². The third-order valence-electron chi connectivity index (χ3n) is 8.21. The van der Waals surface area contributed by atoms with E-state index in [9.17, 15) is 14.4 Å². The first kappa shape index (κ1) is 20.3. The number of ether oxygens (including phenoxy) is 1. The molecule has 4 atom stereocenters. The molecule has 4 aliphatic carbocycles. The Morgan fingerprint density at radius 3 is 2.66 bits per heavy atom. The molecule has 0 spiro atoms. The minimum absolute atomic E-state index is 0.0161. The van der Waals surface area contributed by atoms with Crippen LogP contribution in [0.1, 0.15) is 72.6 Å². The molecule has 29 heavy (non-hydrogen) atoms. The largest absolute Gasteiger partial charge is 0.423 e. The molecule has 156 valence electrons. The second-order valence-electron chi connectivity index (χ2n) is 10.1. The highest BCUT2D eigenvalue weighted by Gasteiger charge is 2.55. The minimum atomic E-state index is -0.342. The molecule has 0 aromatic carbocycles. The Morgan fingerprint density at radius 2 is 1.97 bits per heavy atom. The molecular weight excluding hydrogens is 364 g/mol. The topological polar surface area (TPSA) is 60.4 Å². The highest BCUT2D eigenvalue weighted by Crippen LogP contribution is 2.64. The molecule has 2 fully saturated rings. The number of esters is 1. The standard InChI is InChI=1S/C25H32O4/c1-15(2)23(28)29-22(14-26)21-8-7-19-18-6-5-16-13-17(27)9-11-24(16,3)20(18)10-12-25(19,21)4/h10,13-15,18-19H,5-9,11-12H2,1-4H3/t18-,19-,24-,25-/m0/s1. The first-order chi connectivity index (χ1) is 13.7. The predicted octanol–water partition coefficient (Wildman–Crippen LogP) is 5.09. The zero-order valence-electron chi connectivity index (χ0n) is 18.0. The van der Waals surface area contributed by atoms with Gasteiger partial charge in [-0.2, -0.15) is 0 Å². The summed E-state index contributed by atoms with van der Waals surface area (Å²) in [6.45, 7) is 8.14. The quantitative estimate of drug-likeness (QED) is 0.219. The summed E-state index contributed by atoms with van der Waals surface area (Å²) in [5.41, 5.74) is 3.73. The maximum absolute atomic E-state index is 12.1. The highest BCUT2D eigenvalue weighted by molar-refractivity contribution is 5.92. The Hall–Kier alpha value is -1.97. The Bertz CT molecular complexity index is 858. The number of carbonyl (C=O) groups is 3. The maximum Gasteiger partial charge on any atom is 0.313 e. The third kappa shape index (κ3) is 3.06. The number of hydrogen-bond donors (Lipinski definition) is 0. The Labute approximate surface area is 173 Å². The molecule has 0 amide bonds. The fraction of sp³-hybridized carbons (Fsp3) is 0.640.